The van der Waals surface area contributed by atoms with E-state index in [1.807, 2.05) is 6.92 Å². The number of amides is 1. The van der Waals surface area contributed by atoms with Crippen molar-refractivity contribution >= 4 is 5.91 Å². The van der Waals surface area contributed by atoms with Crippen LogP contribution in [0.5, 0.6) is 0 Å². The summed E-state index contributed by atoms with van der Waals surface area (Å²) in [5.74, 6) is -0.151. The van der Waals surface area contributed by atoms with Crippen LogP contribution in [0.4, 0.5) is 0 Å². The summed E-state index contributed by atoms with van der Waals surface area (Å²) >= 11 is 0. The molecule has 0 aliphatic carbocycles. The largest absolute Gasteiger partial charge is 0.394 e. The Kier molecular flexibility index (Phi) is 5.42. The van der Waals surface area contributed by atoms with Crippen molar-refractivity contribution in [1.29, 1.82) is 0 Å². The van der Waals surface area contributed by atoms with Crippen LogP contribution in [0.2, 0.25) is 0 Å². The average Bonchev–Trinajstić information content (AvgIpc) is 2.35. The van der Waals surface area contributed by atoms with Crippen molar-refractivity contribution in [2.45, 2.75) is 32.4 Å². The first-order chi connectivity index (χ1) is 8.17. The van der Waals surface area contributed by atoms with Crippen LogP contribution in [-0.2, 0) is 11.3 Å². The highest BCUT2D eigenvalue weighted by Gasteiger charge is 2.08. The zero-order chi connectivity index (χ0) is 12.7. The van der Waals surface area contributed by atoms with Crippen LogP contribution in [0.25, 0.3) is 0 Å². The molecule has 0 unspecified atom stereocenters. The number of hydrogen-bond acceptors (Lipinski definition) is 3. The topological polar surface area (TPSA) is 71.3 Å². The fourth-order valence-corrected chi connectivity index (χ4v) is 1.44. The van der Waals surface area contributed by atoms with Crippen molar-refractivity contribution in [3.63, 3.8) is 0 Å². The van der Waals surface area contributed by atoms with Gasteiger partial charge in [0, 0.05) is 25.2 Å². The third-order valence-electron chi connectivity index (χ3n) is 2.56. The molecule has 0 spiro atoms. The van der Waals surface area contributed by atoms with E-state index in [2.05, 4.69) is 5.32 Å². The summed E-state index contributed by atoms with van der Waals surface area (Å²) in [6, 6.07) is 4.68. The van der Waals surface area contributed by atoms with E-state index in [-0.39, 0.29) is 30.5 Å². The van der Waals surface area contributed by atoms with Gasteiger partial charge in [-0.05, 0) is 12.5 Å². The first-order valence-electron chi connectivity index (χ1n) is 5.73. The zero-order valence-electron chi connectivity index (χ0n) is 9.93. The predicted molar refractivity (Wildman–Crippen MR) is 64.6 cm³/mol. The Morgan fingerprint density at radius 2 is 2.29 bits per heavy atom. The van der Waals surface area contributed by atoms with E-state index in [1.165, 1.54) is 10.6 Å². The monoisotopic (exact) mass is 238 g/mol. The van der Waals surface area contributed by atoms with E-state index in [1.54, 1.807) is 18.3 Å². The minimum Gasteiger partial charge on any atom is -0.394 e. The molecule has 1 heterocycles. The SMILES string of the molecule is CC[C@H](CO)NC(=O)CCn1ccccc1=O. The number of nitrogens with one attached hydrogen (secondary N) is 1. The number of rotatable bonds is 6. The van der Waals surface area contributed by atoms with Gasteiger partial charge in [-0.1, -0.05) is 13.0 Å². The van der Waals surface area contributed by atoms with E-state index >= 15 is 0 Å². The fourth-order valence-electron chi connectivity index (χ4n) is 1.44. The van der Waals surface area contributed by atoms with Crippen molar-refractivity contribution in [1.82, 2.24) is 9.88 Å². The molecule has 0 saturated carbocycles. The standard InChI is InChI=1S/C12H18N2O3/c1-2-10(9-15)13-11(16)6-8-14-7-4-3-5-12(14)17/h3-5,7,10,15H,2,6,8-9H2,1H3,(H,13,16)/t10-/m1/s1. The number of carbonyl (C=O) groups is 1. The second-order valence-corrected chi connectivity index (χ2v) is 3.84. The van der Waals surface area contributed by atoms with E-state index in [0.717, 1.165) is 0 Å². The van der Waals surface area contributed by atoms with Crippen molar-refractivity contribution < 1.29 is 9.90 Å². The average molecular weight is 238 g/mol. The van der Waals surface area contributed by atoms with E-state index < -0.39 is 0 Å². The number of nitrogens with zero attached hydrogens (tertiary/aromatic N) is 1. The van der Waals surface area contributed by atoms with E-state index in [4.69, 9.17) is 5.11 Å². The number of hydrogen-bond donors (Lipinski definition) is 2. The molecule has 17 heavy (non-hydrogen) atoms. The second-order valence-electron chi connectivity index (χ2n) is 3.84. The van der Waals surface area contributed by atoms with Gasteiger partial charge in [0.1, 0.15) is 0 Å². The summed E-state index contributed by atoms with van der Waals surface area (Å²) < 4.78 is 1.49. The normalized spacial score (nSPS) is 12.1. The highest BCUT2D eigenvalue weighted by molar-refractivity contribution is 5.76. The lowest BCUT2D eigenvalue weighted by molar-refractivity contribution is -0.122. The second kappa shape index (κ2) is 6.85. The molecule has 0 aromatic carbocycles. The molecule has 5 nitrogen and oxygen atoms in total. The smallest absolute Gasteiger partial charge is 0.250 e. The van der Waals surface area contributed by atoms with Crippen LogP contribution in [0.3, 0.4) is 0 Å². The molecule has 0 fully saturated rings. The van der Waals surface area contributed by atoms with Gasteiger partial charge >= 0.3 is 0 Å². The van der Waals surface area contributed by atoms with Gasteiger partial charge in [-0.15, -0.1) is 0 Å². The van der Waals surface area contributed by atoms with Crippen molar-refractivity contribution in [2.24, 2.45) is 0 Å². The number of aryl methyl sites for hydroxylation is 1. The molecule has 0 aliphatic heterocycles. The summed E-state index contributed by atoms with van der Waals surface area (Å²) in [5.41, 5.74) is -0.116. The molecule has 1 aromatic heterocycles. The molecular formula is C12H18N2O3. The first-order valence-corrected chi connectivity index (χ1v) is 5.73. The van der Waals surface area contributed by atoms with Gasteiger partial charge in [0.2, 0.25) is 5.91 Å². The fraction of sp³-hybridized carbons (Fsp3) is 0.500. The molecular weight excluding hydrogens is 220 g/mol. The lowest BCUT2D eigenvalue weighted by Gasteiger charge is -2.14. The van der Waals surface area contributed by atoms with Crippen LogP contribution in [-0.4, -0.2) is 28.2 Å². The van der Waals surface area contributed by atoms with Crippen LogP contribution in [0.1, 0.15) is 19.8 Å². The number of aliphatic hydroxyl groups is 1. The molecule has 0 saturated heterocycles. The highest BCUT2D eigenvalue weighted by atomic mass is 16.3. The van der Waals surface area contributed by atoms with Gasteiger partial charge < -0.3 is 15.0 Å². The van der Waals surface area contributed by atoms with Gasteiger partial charge in [-0.3, -0.25) is 9.59 Å². The number of aromatic nitrogens is 1. The van der Waals surface area contributed by atoms with Crippen LogP contribution < -0.4 is 10.9 Å². The maximum Gasteiger partial charge on any atom is 0.250 e. The molecule has 1 aromatic rings. The Balaban J connectivity index is 2.43. The summed E-state index contributed by atoms with van der Waals surface area (Å²) in [5, 5.41) is 11.6. The summed E-state index contributed by atoms with van der Waals surface area (Å²) in [6.45, 7) is 2.18. The van der Waals surface area contributed by atoms with Crippen molar-refractivity contribution in [3.05, 3.63) is 34.7 Å². The quantitative estimate of drug-likeness (QED) is 0.739. The number of pyridine rings is 1. The Morgan fingerprint density at radius 1 is 1.53 bits per heavy atom. The Morgan fingerprint density at radius 3 is 2.88 bits per heavy atom. The minimum atomic E-state index is -0.199. The maximum absolute atomic E-state index is 11.5. The molecule has 0 aliphatic rings. The van der Waals surface area contributed by atoms with Gasteiger partial charge in [-0.25, -0.2) is 0 Å². The van der Waals surface area contributed by atoms with Gasteiger partial charge in [0.15, 0.2) is 0 Å². The highest BCUT2D eigenvalue weighted by Crippen LogP contribution is 1.92. The number of aliphatic hydroxyl groups excluding tert-OH is 1. The summed E-state index contributed by atoms with van der Waals surface area (Å²) in [4.78, 5) is 22.9. The maximum atomic E-state index is 11.5. The van der Waals surface area contributed by atoms with Crippen molar-refractivity contribution in [2.75, 3.05) is 6.61 Å². The van der Waals surface area contributed by atoms with Gasteiger partial charge in [0.25, 0.3) is 5.56 Å². The molecule has 1 rings (SSSR count). The molecule has 1 amide bonds. The third-order valence-corrected chi connectivity index (χ3v) is 2.56. The molecule has 1 atom stereocenters. The van der Waals surface area contributed by atoms with Crippen LogP contribution >= 0.6 is 0 Å². The van der Waals surface area contributed by atoms with Crippen molar-refractivity contribution in [3.8, 4) is 0 Å². The third kappa shape index (κ3) is 4.40. The minimum absolute atomic E-state index is 0.0620. The van der Waals surface area contributed by atoms with Gasteiger partial charge in [0.05, 0.1) is 12.6 Å². The first kappa shape index (κ1) is 13.4. The van der Waals surface area contributed by atoms with E-state index in [9.17, 15) is 9.59 Å². The molecule has 0 bridgehead atoms. The van der Waals surface area contributed by atoms with Crippen LogP contribution in [0.15, 0.2) is 29.2 Å². The lowest BCUT2D eigenvalue weighted by atomic mass is 10.2. The Labute approximate surface area is 100 Å². The summed E-state index contributed by atoms with van der Waals surface area (Å²) in [7, 11) is 0. The molecule has 94 valence electrons. The Hall–Kier alpha value is -1.62. The van der Waals surface area contributed by atoms with E-state index in [0.29, 0.717) is 13.0 Å². The summed E-state index contributed by atoms with van der Waals surface area (Å²) in [6.07, 6.45) is 2.58. The van der Waals surface area contributed by atoms with Gasteiger partial charge in [-0.2, -0.15) is 0 Å². The Bertz CT molecular complexity index is 410. The molecule has 5 heteroatoms. The predicted octanol–water partition coefficient (Wildman–Crippen LogP) is 0.125. The zero-order valence-corrected chi connectivity index (χ0v) is 9.93. The molecule has 2 N–H and O–H groups in total. The lowest BCUT2D eigenvalue weighted by Crippen LogP contribution is -2.37. The number of carbonyl (C=O) groups excluding carboxylic acids is 1. The molecule has 0 radical (unpaired) electrons. The van der Waals surface area contributed by atoms with Crippen LogP contribution in [0, 0.1) is 0 Å².